The van der Waals surface area contributed by atoms with Gasteiger partial charge in [0.1, 0.15) is 12.6 Å². The molecule has 143 heavy (non-hydrogen) atoms. The fourth-order valence-electron chi connectivity index (χ4n) is 18.1. The van der Waals surface area contributed by atoms with E-state index in [-0.39, 0.29) is 75.9 Å². The number of halogens is 3. The van der Waals surface area contributed by atoms with Gasteiger partial charge in [-0.05, 0) is 183 Å². The van der Waals surface area contributed by atoms with E-state index in [2.05, 4.69) is 208 Å². The predicted molar refractivity (Wildman–Crippen MR) is 625 cm³/mol. The average Bonchev–Trinajstić information content (AvgIpc) is 0.902. The first-order valence-corrected chi connectivity index (χ1v) is 62.2. The number of ether oxygens (including phenoxy) is 6. The Balaban J connectivity index is -0.000000335. The van der Waals surface area contributed by atoms with Gasteiger partial charge < -0.3 is 118 Å². The number of rotatable bonds is 105. The van der Waals surface area contributed by atoms with Crippen LogP contribution in [0.3, 0.4) is 0 Å². The van der Waals surface area contributed by atoms with E-state index in [0.717, 1.165) is 106 Å². The SMILES string of the molecule is CCCC/C=C\CCCCCCCCOCC(C)OCCCCCCCC/C=C\CCCC.CCCC/C=C\CCCCCCCCOCC(C[N+](C)(C)CCCN(C)C)OCCCCCCCC/C=C\CCCC.CCCCCCCCCCCCCCOCC(C)OCCCCCCCCCCCCCC.CCCN(CCO)CCC[N+](C)(C)CC.CCCN1CCN(CCC[N+](C)(C)CC)CC1.[Br-].[Br-].[Br-]. The lowest BCUT2D eigenvalue weighted by Gasteiger charge is -2.35. The third kappa shape index (κ3) is 134. The second-order valence-electron chi connectivity index (χ2n) is 44.9. The topological polar surface area (TPSA) is 88.6 Å². The van der Waals surface area contributed by atoms with Gasteiger partial charge in [-0.2, -0.15) is 0 Å². The Labute approximate surface area is 931 Å². The molecule has 1 aliphatic heterocycles. The zero-order valence-corrected chi connectivity index (χ0v) is 105. The van der Waals surface area contributed by atoms with Crippen LogP contribution in [0.2, 0.25) is 0 Å². The van der Waals surface area contributed by atoms with Crippen molar-refractivity contribution in [3.63, 3.8) is 0 Å². The van der Waals surface area contributed by atoms with Gasteiger partial charge in [0, 0.05) is 111 Å². The molecular formula is C126H262Br3N7O7. The average molecular weight is 2230 g/mol. The summed E-state index contributed by atoms with van der Waals surface area (Å²) in [5, 5.41) is 8.92. The third-order valence-corrected chi connectivity index (χ3v) is 28.4. The molecule has 0 radical (unpaired) electrons. The number of quaternary nitrogens is 3. The number of nitrogens with zero attached hydrogens (tertiary/aromatic N) is 7. The van der Waals surface area contributed by atoms with E-state index in [4.69, 9.17) is 33.5 Å². The van der Waals surface area contributed by atoms with Crippen LogP contribution in [-0.4, -0.2) is 284 Å². The van der Waals surface area contributed by atoms with Crippen molar-refractivity contribution in [3.8, 4) is 0 Å². The van der Waals surface area contributed by atoms with E-state index in [1.807, 2.05) is 0 Å². The standard InChI is InChI=1S/C38H77N2O2.C31H64O2.C31H60O2.C14H32N3.C12H29N2O.3BrH/c1-7-9-11-13-15-17-19-21-23-25-27-29-34-41-37-38(36-40(5,6)33-31-32-39(3)4)42-35-30-28-26-24-22-20-18-16-14-12-10-8-2;2*1-4-6-8-10-12-14-16-18-20-22-24-26-28-32-30-31(3)33-29-27-25-23-21-19-17-15-13-11-9-7-5-2;1-5-8-15-10-12-16(13-11-15)9-7-14-17(3,4)6-2;1-5-8-13(10-12-15)9-7-11-14(3,4)6-2;;;/h13-16,38H,7-12,17-37H2,1-6H3;31H,4-30H2,1-3H3;10-13,31H,4-9,14-30H2,1-3H3;5-14H2,1-4H3;15H,5-12H2,1-4H3;3*1H/q+1;;;2*+1;;;/p-3/b15-13-,16-14-;;12-10-,13-11-;;;;;. The smallest absolute Gasteiger partial charge is 0.130 e. The van der Waals surface area contributed by atoms with Crippen molar-refractivity contribution >= 4 is 0 Å². The molecule has 1 aliphatic rings. The van der Waals surface area contributed by atoms with Crippen LogP contribution in [0.25, 0.3) is 0 Å². The van der Waals surface area contributed by atoms with Gasteiger partial charge in [0.25, 0.3) is 0 Å². The molecule has 3 atom stereocenters. The van der Waals surface area contributed by atoms with Crippen molar-refractivity contribution in [3.05, 3.63) is 48.6 Å². The first-order valence-electron chi connectivity index (χ1n) is 62.2. The summed E-state index contributed by atoms with van der Waals surface area (Å²) in [7, 11) is 18.2. The van der Waals surface area contributed by atoms with Crippen LogP contribution in [-0.2, 0) is 28.4 Å². The zero-order chi connectivity index (χ0) is 104. The van der Waals surface area contributed by atoms with Crippen LogP contribution < -0.4 is 50.9 Å². The van der Waals surface area contributed by atoms with Crippen LogP contribution in [0, 0.1) is 0 Å². The van der Waals surface area contributed by atoms with Crippen molar-refractivity contribution in [2.75, 3.05) is 227 Å². The number of aliphatic hydroxyl groups excluding tert-OH is 1. The maximum atomic E-state index is 8.92. The molecule has 0 bridgehead atoms. The van der Waals surface area contributed by atoms with Gasteiger partial charge in [0.05, 0.1) is 114 Å². The molecule has 1 fully saturated rings. The molecule has 0 aromatic carbocycles. The molecule has 0 aliphatic carbocycles. The Morgan fingerprint density at radius 2 is 0.517 bits per heavy atom. The van der Waals surface area contributed by atoms with E-state index >= 15 is 0 Å². The second-order valence-corrected chi connectivity index (χ2v) is 44.9. The minimum atomic E-state index is 0. The Bertz CT molecular complexity index is 2400. The molecule has 17 heteroatoms. The van der Waals surface area contributed by atoms with Crippen LogP contribution in [0.5, 0.6) is 0 Å². The summed E-state index contributed by atoms with van der Waals surface area (Å²) in [6, 6.07) is 0. The number of aliphatic hydroxyl groups is 1. The van der Waals surface area contributed by atoms with Crippen LogP contribution in [0.1, 0.15) is 526 Å². The molecule has 1 saturated heterocycles. The number of unbranched alkanes of at least 4 members (excludes halogenated alkanes) is 54. The van der Waals surface area contributed by atoms with Gasteiger partial charge in [-0.1, -0.05) is 399 Å². The highest BCUT2D eigenvalue weighted by atomic mass is 79.9. The van der Waals surface area contributed by atoms with Crippen molar-refractivity contribution in [2.24, 2.45) is 0 Å². The number of allylic oxidation sites excluding steroid dienone is 8. The lowest BCUT2D eigenvalue weighted by molar-refractivity contribution is -0.893. The van der Waals surface area contributed by atoms with E-state index in [9.17, 15) is 0 Å². The van der Waals surface area contributed by atoms with Gasteiger partial charge in [-0.25, -0.2) is 0 Å². The lowest BCUT2D eigenvalue weighted by Crippen LogP contribution is -3.00. The third-order valence-electron chi connectivity index (χ3n) is 28.4. The second kappa shape index (κ2) is 129. The molecule has 14 nitrogen and oxygen atoms in total. The molecule has 0 aromatic rings. The van der Waals surface area contributed by atoms with Gasteiger partial charge in [0.15, 0.2) is 0 Å². The molecule has 1 N–H and O–H groups in total. The first kappa shape index (κ1) is 156. The summed E-state index contributed by atoms with van der Waals surface area (Å²) in [4.78, 5) is 9.88. The van der Waals surface area contributed by atoms with E-state index < -0.39 is 0 Å². The summed E-state index contributed by atoms with van der Waals surface area (Å²) in [6.07, 6.45) is 112. The number of hydrogen-bond donors (Lipinski definition) is 1. The van der Waals surface area contributed by atoms with Crippen LogP contribution in [0.4, 0.5) is 0 Å². The van der Waals surface area contributed by atoms with Crippen molar-refractivity contribution in [1.29, 1.82) is 0 Å². The minimum Gasteiger partial charge on any atom is -1.00 e. The Morgan fingerprint density at radius 1 is 0.259 bits per heavy atom. The van der Waals surface area contributed by atoms with Gasteiger partial charge >= 0.3 is 0 Å². The van der Waals surface area contributed by atoms with E-state index in [1.54, 1.807) is 0 Å². The largest absolute Gasteiger partial charge is 1.00 e. The minimum absolute atomic E-state index is 0. The summed E-state index contributed by atoms with van der Waals surface area (Å²) < 4.78 is 39.4. The fourth-order valence-corrected chi connectivity index (χ4v) is 18.1. The molecule has 864 valence electrons. The normalized spacial score (nSPS) is 13.4. The molecule has 0 amide bonds. The number of piperazine rings is 1. The van der Waals surface area contributed by atoms with Crippen LogP contribution >= 0.6 is 0 Å². The maximum absolute atomic E-state index is 8.92. The van der Waals surface area contributed by atoms with E-state index in [0.29, 0.717) is 0 Å². The molecule has 0 aromatic heterocycles. The molecule has 1 heterocycles. The number of hydrogen-bond acceptors (Lipinski definition) is 11. The summed E-state index contributed by atoms with van der Waals surface area (Å²) in [5.74, 6) is 0. The molecule has 1 rings (SSSR count). The van der Waals surface area contributed by atoms with Crippen LogP contribution in [0.15, 0.2) is 48.6 Å². The molecule has 0 spiro atoms. The number of likely N-dealkylation sites (N-methyl/N-ethyl adjacent to an activating group) is 1. The quantitative estimate of drug-likeness (QED) is 0.0359. The summed E-state index contributed by atoms with van der Waals surface area (Å²) in [6.45, 7) is 53.9. The fraction of sp³-hybridized carbons (Fsp3) is 0.937. The Kier molecular flexibility index (Phi) is 140. The van der Waals surface area contributed by atoms with Gasteiger partial charge in [-0.3, -0.25) is 0 Å². The first-order chi connectivity index (χ1) is 68.1. The Morgan fingerprint density at radius 3 is 0.811 bits per heavy atom. The maximum Gasteiger partial charge on any atom is 0.130 e. The van der Waals surface area contributed by atoms with E-state index in [1.165, 1.54) is 515 Å². The summed E-state index contributed by atoms with van der Waals surface area (Å²) >= 11 is 0. The molecule has 0 saturated carbocycles. The molecular weight excluding hydrogens is 1960 g/mol. The monoisotopic (exact) mass is 2220 g/mol. The highest BCUT2D eigenvalue weighted by molar-refractivity contribution is 4.84. The summed E-state index contributed by atoms with van der Waals surface area (Å²) in [5.41, 5.74) is 0. The van der Waals surface area contributed by atoms with Crippen molar-refractivity contribution in [1.82, 2.24) is 19.6 Å². The van der Waals surface area contributed by atoms with Gasteiger partial charge in [-0.15, -0.1) is 0 Å². The van der Waals surface area contributed by atoms with Crippen molar-refractivity contribution in [2.45, 2.75) is 544 Å². The van der Waals surface area contributed by atoms with Gasteiger partial charge in [0.2, 0.25) is 0 Å². The highest BCUT2D eigenvalue weighted by Crippen LogP contribution is 2.20. The van der Waals surface area contributed by atoms with Crippen molar-refractivity contribution < 1.29 is 97.9 Å². The lowest BCUT2D eigenvalue weighted by atomic mass is 10.1. The highest BCUT2D eigenvalue weighted by Gasteiger charge is 2.24. The predicted octanol–water partition coefficient (Wildman–Crippen LogP) is 25.2. The zero-order valence-electron chi connectivity index (χ0n) is 101. The Hall–Kier alpha value is -0.160. The molecule has 3 unspecified atom stereocenters.